The van der Waals surface area contributed by atoms with Crippen molar-refractivity contribution in [3.8, 4) is 22.8 Å². The summed E-state index contributed by atoms with van der Waals surface area (Å²) in [4.78, 5) is 8.08. The fourth-order valence-corrected chi connectivity index (χ4v) is 2.27. The average Bonchev–Trinajstić information content (AvgIpc) is 2.84. The standard InChI is InChI=1S/C14H13F2N5O2/c1-21-13-11(5-18-14(17)19-13)12(20-21)8-2-9(22-6-15)4-10(3-8)23-7-16/h2-5H,6-7H2,1H3,(H2,17,18,19). The van der Waals surface area contributed by atoms with Crippen LogP contribution in [-0.2, 0) is 7.05 Å². The van der Waals surface area contributed by atoms with Crippen molar-refractivity contribution in [2.24, 2.45) is 7.05 Å². The van der Waals surface area contributed by atoms with E-state index in [0.717, 1.165) is 0 Å². The third kappa shape index (κ3) is 2.85. The lowest BCUT2D eigenvalue weighted by molar-refractivity contribution is 0.182. The highest BCUT2D eigenvalue weighted by Crippen LogP contribution is 2.33. The summed E-state index contributed by atoms with van der Waals surface area (Å²) in [5.74, 6) is 0.523. The maximum atomic E-state index is 12.4. The molecule has 0 amide bonds. The van der Waals surface area contributed by atoms with Crippen LogP contribution in [-0.4, -0.2) is 33.5 Å². The lowest BCUT2D eigenvalue weighted by atomic mass is 10.1. The highest BCUT2D eigenvalue weighted by atomic mass is 19.1. The number of hydrogen-bond acceptors (Lipinski definition) is 6. The molecule has 23 heavy (non-hydrogen) atoms. The van der Waals surface area contributed by atoms with Crippen LogP contribution in [0, 0.1) is 0 Å². The third-order valence-corrected chi connectivity index (χ3v) is 3.19. The number of nitrogen functional groups attached to an aromatic ring is 1. The van der Waals surface area contributed by atoms with E-state index < -0.39 is 13.7 Å². The fourth-order valence-electron chi connectivity index (χ4n) is 2.27. The van der Waals surface area contributed by atoms with Gasteiger partial charge in [0.05, 0.1) is 5.39 Å². The zero-order valence-electron chi connectivity index (χ0n) is 12.2. The van der Waals surface area contributed by atoms with Gasteiger partial charge in [-0.2, -0.15) is 10.1 Å². The number of aromatic nitrogens is 4. The second kappa shape index (κ2) is 6.03. The quantitative estimate of drug-likeness (QED) is 0.775. The van der Waals surface area contributed by atoms with E-state index in [4.69, 9.17) is 15.2 Å². The molecule has 0 radical (unpaired) electrons. The summed E-state index contributed by atoms with van der Waals surface area (Å²) in [5, 5.41) is 5.01. The number of halogens is 2. The molecule has 2 N–H and O–H groups in total. The Labute approximate surface area is 129 Å². The molecule has 0 saturated carbocycles. The van der Waals surface area contributed by atoms with Crippen molar-refractivity contribution in [3.05, 3.63) is 24.4 Å². The highest BCUT2D eigenvalue weighted by molar-refractivity contribution is 5.91. The summed E-state index contributed by atoms with van der Waals surface area (Å²) in [6.07, 6.45) is 1.54. The first kappa shape index (κ1) is 14.9. The van der Waals surface area contributed by atoms with E-state index in [1.54, 1.807) is 30.1 Å². The minimum absolute atomic E-state index is 0.128. The summed E-state index contributed by atoms with van der Waals surface area (Å²) >= 11 is 0. The molecule has 2 heterocycles. The van der Waals surface area contributed by atoms with Gasteiger partial charge in [-0.1, -0.05) is 0 Å². The molecule has 1 aromatic carbocycles. The number of alkyl halides is 2. The van der Waals surface area contributed by atoms with Gasteiger partial charge in [-0.25, -0.2) is 18.4 Å². The van der Waals surface area contributed by atoms with Gasteiger partial charge in [0, 0.05) is 24.9 Å². The molecule has 120 valence electrons. The Morgan fingerprint density at radius 1 is 1.13 bits per heavy atom. The van der Waals surface area contributed by atoms with E-state index in [2.05, 4.69) is 15.1 Å². The molecule has 0 aliphatic heterocycles. The Bertz CT molecular complexity index is 828. The molecular weight excluding hydrogens is 308 g/mol. The van der Waals surface area contributed by atoms with Crippen molar-refractivity contribution in [1.82, 2.24) is 19.7 Å². The molecule has 2 aromatic heterocycles. The summed E-state index contributed by atoms with van der Waals surface area (Å²) < 4.78 is 36.1. The van der Waals surface area contributed by atoms with Crippen LogP contribution in [0.5, 0.6) is 11.5 Å². The number of hydrogen-bond donors (Lipinski definition) is 1. The number of ether oxygens (including phenoxy) is 2. The van der Waals surface area contributed by atoms with E-state index >= 15 is 0 Å². The number of nitrogens with two attached hydrogens (primary N) is 1. The van der Waals surface area contributed by atoms with Crippen molar-refractivity contribution >= 4 is 17.0 Å². The smallest absolute Gasteiger partial charge is 0.228 e. The van der Waals surface area contributed by atoms with Gasteiger partial charge < -0.3 is 15.2 Å². The second-order valence-electron chi connectivity index (χ2n) is 4.64. The molecule has 0 fully saturated rings. The number of anilines is 1. The molecule has 0 bridgehead atoms. The molecule has 0 aliphatic rings. The molecule has 7 nitrogen and oxygen atoms in total. The zero-order chi connectivity index (χ0) is 16.4. The van der Waals surface area contributed by atoms with Crippen LogP contribution in [0.1, 0.15) is 0 Å². The van der Waals surface area contributed by atoms with Crippen LogP contribution >= 0.6 is 0 Å². The van der Waals surface area contributed by atoms with Gasteiger partial charge in [0.25, 0.3) is 0 Å². The van der Waals surface area contributed by atoms with Crippen LogP contribution in [0.2, 0.25) is 0 Å². The number of aryl methyl sites for hydroxylation is 1. The first-order valence-electron chi connectivity index (χ1n) is 6.60. The number of nitrogens with zero attached hydrogens (tertiary/aromatic N) is 4. The minimum atomic E-state index is -1.01. The molecule has 3 rings (SSSR count). The summed E-state index contributed by atoms with van der Waals surface area (Å²) in [6.45, 7) is -2.03. The number of fused-ring (bicyclic) bond motifs is 1. The maximum absolute atomic E-state index is 12.4. The van der Waals surface area contributed by atoms with Gasteiger partial charge in [-0.05, 0) is 12.1 Å². The minimum Gasteiger partial charge on any atom is -0.463 e. The Hall–Kier alpha value is -2.97. The Morgan fingerprint density at radius 3 is 2.39 bits per heavy atom. The summed E-state index contributed by atoms with van der Waals surface area (Å²) in [6, 6.07) is 4.54. The highest BCUT2D eigenvalue weighted by Gasteiger charge is 2.15. The molecule has 0 spiro atoms. The van der Waals surface area contributed by atoms with E-state index in [0.29, 0.717) is 22.3 Å². The van der Waals surface area contributed by atoms with E-state index in [9.17, 15) is 8.78 Å². The molecule has 0 aliphatic carbocycles. The predicted molar refractivity (Wildman–Crippen MR) is 79.4 cm³/mol. The van der Waals surface area contributed by atoms with Crippen LogP contribution in [0.4, 0.5) is 14.7 Å². The van der Waals surface area contributed by atoms with Gasteiger partial charge in [-0.15, -0.1) is 0 Å². The largest absolute Gasteiger partial charge is 0.463 e. The van der Waals surface area contributed by atoms with E-state index in [1.165, 1.54) is 6.07 Å². The van der Waals surface area contributed by atoms with Crippen molar-refractivity contribution in [3.63, 3.8) is 0 Å². The number of benzene rings is 1. The predicted octanol–water partition coefficient (Wildman–Crippen LogP) is 2.22. The summed E-state index contributed by atoms with van der Waals surface area (Å²) in [5.41, 5.74) is 7.20. The van der Waals surface area contributed by atoms with Crippen LogP contribution in [0.15, 0.2) is 24.4 Å². The Balaban J connectivity index is 2.17. The van der Waals surface area contributed by atoms with E-state index in [-0.39, 0.29) is 17.4 Å². The van der Waals surface area contributed by atoms with Crippen LogP contribution in [0.25, 0.3) is 22.3 Å². The van der Waals surface area contributed by atoms with Crippen molar-refractivity contribution < 1.29 is 18.3 Å². The van der Waals surface area contributed by atoms with Gasteiger partial charge in [0.2, 0.25) is 19.7 Å². The second-order valence-corrected chi connectivity index (χ2v) is 4.64. The molecule has 0 atom stereocenters. The first-order chi connectivity index (χ1) is 11.1. The first-order valence-corrected chi connectivity index (χ1v) is 6.60. The molecule has 3 aromatic rings. The molecular formula is C14H13F2N5O2. The monoisotopic (exact) mass is 321 g/mol. The van der Waals surface area contributed by atoms with Gasteiger partial charge in [0.15, 0.2) is 5.65 Å². The van der Waals surface area contributed by atoms with Crippen molar-refractivity contribution in [1.29, 1.82) is 0 Å². The lowest BCUT2D eigenvalue weighted by Gasteiger charge is -2.08. The van der Waals surface area contributed by atoms with Crippen LogP contribution in [0.3, 0.4) is 0 Å². The molecule has 9 heteroatoms. The topological polar surface area (TPSA) is 88.1 Å². The fraction of sp³-hybridized carbons (Fsp3) is 0.214. The Kier molecular flexibility index (Phi) is 3.92. The third-order valence-electron chi connectivity index (χ3n) is 3.19. The van der Waals surface area contributed by atoms with Crippen LogP contribution < -0.4 is 15.2 Å². The SMILES string of the molecule is Cn1nc(-c2cc(OCF)cc(OCF)c2)c2cnc(N)nc21. The Morgan fingerprint density at radius 2 is 1.78 bits per heavy atom. The van der Waals surface area contributed by atoms with E-state index in [1.807, 2.05) is 0 Å². The van der Waals surface area contributed by atoms with Crippen molar-refractivity contribution in [2.45, 2.75) is 0 Å². The summed E-state index contributed by atoms with van der Waals surface area (Å²) in [7, 11) is 1.71. The molecule has 0 saturated heterocycles. The maximum Gasteiger partial charge on any atom is 0.228 e. The van der Waals surface area contributed by atoms with Gasteiger partial charge >= 0.3 is 0 Å². The van der Waals surface area contributed by atoms with Crippen molar-refractivity contribution in [2.75, 3.05) is 19.5 Å². The van der Waals surface area contributed by atoms with Gasteiger partial charge in [0.1, 0.15) is 17.2 Å². The average molecular weight is 321 g/mol. The van der Waals surface area contributed by atoms with Gasteiger partial charge in [-0.3, -0.25) is 0 Å². The number of rotatable bonds is 5. The lowest BCUT2D eigenvalue weighted by Crippen LogP contribution is -1.97. The normalized spacial score (nSPS) is 10.9. The molecule has 0 unspecified atom stereocenters. The zero-order valence-corrected chi connectivity index (χ0v) is 12.2.